The summed E-state index contributed by atoms with van der Waals surface area (Å²) < 4.78 is 1.44. The van der Waals surface area contributed by atoms with Gasteiger partial charge in [-0.25, -0.2) is 0 Å². The second-order valence-corrected chi connectivity index (χ2v) is 58.9. The molecule has 263 valence electrons. The van der Waals surface area contributed by atoms with Crippen LogP contribution in [0.15, 0.2) is 109 Å². The Hall–Kier alpha value is -2.48. The van der Waals surface area contributed by atoms with Crippen molar-refractivity contribution >= 4 is 32.3 Å². The maximum atomic E-state index is 8.84. The van der Waals surface area contributed by atoms with E-state index in [2.05, 4.69) is 171 Å². The van der Waals surface area contributed by atoms with E-state index in [0.717, 1.165) is 19.3 Å². The summed E-state index contributed by atoms with van der Waals surface area (Å²) in [5.74, 6) is -1.72. The van der Waals surface area contributed by atoms with E-state index in [1.54, 1.807) is 0 Å². The number of fused-ring (bicyclic) bond motifs is 4. The van der Waals surface area contributed by atoms with E-state index in [4.69, 9.17) is 17.0 Å². The molecule has 0 bridgehead atoms. The molecule has 4 heteroatoms. The molecule has 2 aliphatic carbocycles. The Balaban J connectivity index is 1.45. The molecule has 0 amide bonds. The molecule has 0 nitrogen and oxygen atoms in total. The van der Waals surface area contributed by atoms with Crippen LogP contribution in [0.1, 0.15) is 98.3 Å². The third-order valence-corrected chi connectivity index (χ3v) is 61.6. The van der Waals surface area contributed by atoms with Gasteiger partial charge in [0.2, 0.25) is 0 Å². The zero-order chi connectivity index (χ0) is 36.5. The number of hydrogen-bond donors (Lipinski definition) is 0. The van der Waals surface area contributed by atoms with Crippen molar-refractivity contribution in [3.63, 3.8) is 0 Å². The predicted octanol–water partition coefficient (Wildman–Crippen LogP) is 13.7. The van der Waals surface area contributed by atoms with Crippen LogP contribution < -0.4 is 3.27 Å². The first kappa shape index (κ1) is 36.9. The van der Waals surface area contributed by atoms with Crippen LogP contribution in [0.2, 0.25) is 13.1 Å². The summed E-state index contributed by atoms with van der Waals surface area (Å²) in [6.45, 7) is 21.2. The van der Waals surface area contributed by atoms with Gasteiger partial charge in [0, 0.05) is 0 Å². The molecule has 51 heavy (non-hydrogen) atoms. The first-order valence-electron chi connectivity index (χ1n) is 18.9. The molecule has 0 saturated heterocycles. The van der Waals surface area contributed by atoms with E-state index in [0.29, 0.717) is 0 Å². The Morgan fingerprint density at radius 1 is 0.686 bits per heavy atom. The number of allylic oxidation sites excluding steroid dienone is 1. The van der Waals surface area contributed by atoms with Gasteiger partial charge in [0.15, 0.2) is 0 Å². The molecule has 0 fully saturated rings. The van der Waals surface area contributed by atoms with Crippen LogP contribution in [0.5, 0.6) is 0 Å². The molecule has 2 aliphatic rings. The molecule has 0 saturated carbocycles. The summed E-state index contributed by atoms with van der Waals surface area (Å²) >= 11 is -5.03. The maximum absolute atomic E-state index is 8.84. The van der Waals surface area contributed by atoms with E-state index in [1.807, 2.05) is 0 Å². The number of halogens is 2. The Kier molecular flexibility index (Phi) is 9.49. The summed E-state index contributed by atoms with van der Waals surface area (Å²) in [4.78, 5) is 0. The average Bonchev–Trinajstić information content (AvgIpc) is 3.66. The fourth-order valence-electron chi connectivity index (χ4n) is 9.00. The SMILES string of the molecule is CCCC1=Cc2c(-c3ccc(-c4ccccc4)cc3)cccc2[CH]1[Zr]([Cl])([Cl])([c]1c(C(C)(C)C)ccc2c1Cc1cc(C(C)(C)C)ccc1-2)[SiH](C)C. The van der Waals surface area contributed by atoms with Crippen LogP contribution in [0.4, 0.5) is 0 Å². The van der Waals surface area contributed by atoms with Gasteiger partial charge in [0.25, 0.3) is 0 Å². The van der Waals surface area contributed by atoms with Gasteiger partial charge in [-0.1, -0.05) is 0 Å². The van der Waals surface area contributed by atoms with Crippen molar-refractivity contribution in [3.8, 4) is 33.4 Å². The standard InChI is InChI=1S/C24H21.C21H25.C2H7Si.2ClH.Zr/c1-2-7-18-16-22-10-6-11-23(24(22)17-18)21-14-12-20(13-15-21)19-8-4-3-5-9-19;1-20(2,3)16-7-9-18-14(12-16)11-15-13-17(21(4,5)6)8-10-19(15)18;1-3-2;;;/h3-6,8-17H,2,7H2,1H3;7-10,12H,11H2,1-6H3;3H,1-2H3;2*1H;/q;;;;;+2/p-2. The van der Waals surface area contributed by atoms with Gasteiger partial charge in [0.05, 0.1) is 0 Å². The molecule has 0 spiro atoms. The van der Waals surface area contributed by atoms with Crippen molar-refractivity contribution in [2.75, 3.05) is 0 Å². The quantitative estimate of drug-likeness (QED) is 0.141. The molecule has 1 unspecified atom stereocenters. The summed E-state index contributed by atoms with van der Waals surface area (Å²) in [6.07, 6.45) is 5.48. The Morgan fingerprint density at radius 3 is 1.96 bits per heavy atom. The molecule has 1 atom stereocenters. The van der Waals surface area contributed by atoms with E-state index >= 15 is 0 Å². The van der Waals surface area contributed by atoms with E-state index in [1.165, 1.54) is 75.6 Å². The van der Waals surface area contributed by atoms with E-state index in [-0.39, 0.29) is 14.5 Å². The summed E-state index contributed by atoms with van der Waals surface area (Å²) in [7, 11) is 17.7. The van der Waals surface area contributed by atoms with Gasteiger partial charge in [-0.15, -0.1) is 0 Å². The second kappa shape index (κ2) is 13.1. The second-order valence-electron chi connectivity index (χ2n) is 17.5. The van der Waals surface area contributed by atoms with Crippen LogP contribution in [-0.4, -0.2) is 5.92 Å². The third-order valence-electron chi connectivity index (χ3n) is 11.8. The number of benzene rings is 5. The summed E-state index contributed by atoms with van der Waals surface area (Å²) in [5, 5.41) is 0. The van der Waals surface area contributed by atoms with Gasteiger partial charge in [0.1, 0.15) is 0 Å². The topological polar surface area (TPSA) is 0 Å². The van der Waals surface area contributed by atoms with Crippen molar-refractivity contribution in [3.05, 3.63) is 142 Å². The minimum absolute atomic E-state index is 0.0568. The molecule has 0 radical (unpaired) electrons. The molecule has 0 aromatic heterocycles. The Morgan fingerprint density at radius 2 is 1.33 bits per heavy atom. The van der Waals surface area contributed by atoms with Crippen molar-refractivity contribution in [2.24, 2.45) is 0 Å². The molecular weight excluding hydrogens is 755 g/mol. The van der Waals surface area contributed by atoms with Gasteiger partial charge >= 0.3 is 319 Å². The number of rotatable bonds is 7. The van der Waals surface area contributed by atoms with Crippen molar-refractivity contribution in [2.45, 2.75) is 95.3 Å². The first-order valence-corrected chi connectivity index (χ1v) is 35.0. The molecule has 5 aromatic rings. The fourth-order valence-corrected chi connectivity index (χ4v) is 38.6. The Bertz CT molecular complexity index is 2160. The molecule has 7 rings (SSSR count). The zero-order valence-corrected chi connectivity index (χ0v) is 37.0. The van der Waals surface area contributed by atoms with Crippen molar-refractivity contribution in [1.29, 1.82) is 0 Å². The van der Waals surface area contributed by atoms with Crippen LogP contribution in [0.25, 0.3) is 39.5 Å². The van der Waals surface area contributed by atoms with E-state index < -0.39 is 21.5 Å². The summed E-state index contributed by atoms with van der Waals surface area (Å²) in [6, 6.07) is 38.6. The fraction of sp³-hybridized carbons (Fsp3) is 0.319. The minimum atomic E-state index is -5.03. The number of hydrogen-bond acceptors (Lipinski definition) is 0. The average molecular weight is 808 g/mol. The van der Waals surface area contributed by atoms with Crippen LogP contribution in [0.3, 0.4) is 0 Å². The van der Waals surface area contributed by atoms with Gasteiger partial charge in [-0.2, -0.15) is 0 Å². The summed E-state index contributed by atoms with van der Waals surface area (Å²) in [5.41, 5.74) is 17.4. The van der Waals surface area contributed by atoms with Crippen LogP contribution in [-0.2, 0) is 32.8 Å². The van der Waals surface area contributed by atoms with Gasteiger partial charge in [-0.3, -0.25) is 0 Å². The molecule has 0 heterocycles. The normalized spacial score (nSPS) is 16.4. The molecule has 0 aliphatic heterocycles. The molecule has 5 aromatic carbocycles. The van der Waals surface area contributed by atoms with Crippen LogP contribution >= 0.6 is 17.0 Å². The van der Waals surface area contributed by atoms with E-state index in [9.17, 15) is 0 Å². The molecular formula is C47H53Cl2SiZr. The van der Waals surface area contributed by atoms with Gasteiger partial charge in [-0.05, 0) is 0 Å². The van der Waals surface area contributed by atoms with Crippen LogP contribution in [0, 0.1) is 0 Å². The third kappa shape index (κ3) is 6.15. The predicted molar refractivity (Wildman–Crippen MR) is 225 cm³/mol. The van der Waals surface area contributed by atoms with Crippen molar-refractivity contribution in [1.82, 2.24) is 0 Å². The molecule has 0 N–H and O–H groups in total. The zero-order valence-electron chi connectivity index (χ0n) is 31.9. The van der Waals surface area contributed by atoms with Gasteiger partial charge < -0.3 is 0 Å². The monoisotopic (exact) mass is 805 g/mol. The van der Waals surface area contributed by atoms with Crippen molar-refractivity contribution < 1.29 is 15.6 Å². The Labute approximate surface area is 316 Å². The first-order chi connectivity index (χ1) is 24.0.